The largest absolute Gasteiger partial charge is 1.00 e. The predicted molar refractivity (Wildman–Crippen MR) is 32.4 cm³/mol. The van der Waals surface area contributed by atoms with Gasteiger partial charge in [-0.2, -0.15) is 0 Å². The van der Waals surface area contributed by atoms with Crippen molar-refractivity contribution in [3.8, 4) is 0 Å². The summed E-state index contributed by atoms with van der Waals surface area (Å²) >= 11 is 0. The predicted octanol–water partition coefficient (Wildman–Crippen LogP) is -7.51. The summed E-state index contributed by atoms with van der Waals surface area (Å²) in [6, 6.07) is 0. The van der Waals surface area contributed by atoms with Gasteiger partial charge in [-0.05, 0) is 13.0 Å². The quantitative estimate of drug-likeness (QED) is 0.377. The Balaban J connectivity index is -0.0000000208. The Kier molecular flexibility index (Phi) is 68.1. The molecule has 0 heterocycles. The molecular weight excluding hydrogens is 301 g/mol. The van der Waals surface area contributed by atoms with Gasteiger partial charge in [0.15, 0.2) is 0 Å². The van der Waals surface area contributed by atoms with Gasteiger partial charge in [0.25, 0.3) is 0 Å². The molecule has 4 radical (unpaired) electrons. The molecule has 0 saturated carbocycles. The van der Waals surface area contributed by atoms with Crippen LogP contribution >= 0.6 is 0 Å². The van der Waals surface area contributed by atoms with Crippen molar-refractivity contribution in [3.63, 3.8) is 0 Å². The fraction of sp³-hybridized carbons (Fsp3) is 0.600. The number of aliphatic hydroxyl groups is 1. The SMILES string of the molecule is C/C=C(\O)CC.[Cl-].[Cl-].[Cl-].[Sn]. The number of hydrogen-bond acceptors (Lipinski definition) is 1. The molecule has 0 bridgehead atoms. The molecule has 0 aliphatic heterocycles. The van der Waals surface area contributed by atoms with Gasteiger partial charge in [-0.25, -0.2) is 0 Å². The molecule has 0 unspecified atom stereocenters. The minimum atomic E-state index is 0. The summed E-state index contributed by atoms with van der Waals surface area (Å²) in [7, 11) is 0. The van der Waals surface area contributed by atoms with Crippen LogP contribution in [0, 0.1) is 0 Å². The Labute approximate surface area is 97.8 Å². The van der Waals surface area contributed by atoms with Crippen molar-refractivity contribution in [1.82, 2.24) is 0 Å². The molecule has 0 fully saturated rings. The van der Waals surface area contributed by atoms with Crippen LogP contribution in [0.1, 0.15) is 20.3 Å². The molecule has 0 aliphatic carbocycles. The second-order valence-electron chi connectivity index (χ2n) is 1.13. The van der Waals surface area contributed by atoms with Gasteiger partial charge in [-0.1, -0.05) is 6.92 Å². The van der Waals surface area contributed by atoms with Crippen LogP contribution in [0.4, 0.5) is 0 Å². The topological polar surface area (TPSA) is 20.2 Å². The molecule has 0 amide bonds. The normalized spacial score (nSPS) is 7.20. The third kappa shape index (κ3) is 22.9. The summed E-state index contributed by atoms with van der Waals surface area (Å²) in [5, 5.41) is 8.53. The Morgan fingerprint density at radius 3 is 1.60 bits per heavy atom. The van der Waals surface area contributed by atoms with Gasteiger partial charge < -0.3 is 42.3 Å². The van der Waals surface area contributed by atoms with E-state index in [0.717, 1.165) is 6.42 Å². The van der Waals surface area contributed by atoms with Crippen molar-refractivity contribution in [2.24, 2.45) is 0 Å². The van der Waals surface area contributed by atoms with Crippen LogP contribution in [0.2, 0.25) is 0 Å². The number of allylic oxidation sites excluding steroid dienone is 2. The Morgan fingerprint density at radius 1 is 1.30 bits per heavy atom. The van der Waals surface area contributed by atoms with E-state index in [1.54, 1.807) is 6.08 Å². The van der Waals surface area contributed by atoms with Crippen LogP contribution in [0.15, 0.2) is 11.8 Å². The second-order valence-corrected chi connectivity index (χ2v) is 1.13. The Morgan fingerprint density at radius 2 is 1.60 bits per heavy atom. The van der Waals surface area contributed by atoms with Crippen LogP contribution in [-0.2, 0) is 0 Å². The summed E-state index contributed by atoms with van der Waals surface area (Å²) < 4.78 is 0. The van der Waals surface area contributed by atoms with Crippen molar-refractivity contribution in [1.29, 1.82) is 0 Å². The van der Waals surface area contributed by atoms with Gasteiger partial charge in [0, 0.05) is 30.3 Å². The number of rotatable bonds is 1. The van der Waals surface area contributed by atoms with Gasteiger partial charge in [-0.3, -0.25) is 0 Å². The first-order valence-electron chi connectivity index (χ1n) is 2.15. The van der Waals surface area contributed by atoms with E-state index in [4.69, 9.17) is 5.11 Å². The first-order valence-corrected chi connectivity index (χ1v) is 2.15. The molecule has 5 heteroatoms. The summed E-state index contributed by atoms with van der Waals surface area (Å²) in [5.74, 6) is 0.468. The monoisotopic (exact) mass is 311 g/mol. The molecule has 64 valence electrons. The molecule has 0 saturated heterocycles. The maximum absolute atomic E-state index is 8.53. The molecule has 1 N–H and O–H groups in total. The zero-order valence-corrected chi connectivity index (χ0v) is 11.0. The van der Waals surface area contributed by atoms with Gasteiger partial charge in [0.05, 0.1) is 5.76 Å². The molecule has 0 rings (SSSR count). The van der Waals surface area contributed by atoms with E-state index >= 15 is 0 Å². The van der Waals surface area contributed by atoms with E-state index in [-0.39, 0.29) is 61.1 Å². The van der Waals surface area contributed by atoms with E-state index in [1.165, 1.54) is 0 Å². The van der Waals surface area contributed by atoms with Crippen LogP contribution in [0.3, 0.4) is 0 Å². The molecule has 0 aromatic heterocycles. The summed E-state index contributed by atoms with van der Waals surface area (Å²) in [6.07, 6.45) is 2.44. The van der Waals surface area contributed by atoms with Crippen molar-refractivity contribution in [2.45, 2.75) is 20.3 Å². The Hall–Kier alpha value is 1.21. The van der Waals surface area contributed by atoms with E-state index in [9.17, 15) is 0 Å². The molecule has 0 aromatic carbocycles. The van der Waals surface area contributed by atoms with Crippen LogP contribution in [-0.4, -0.2) is 29.0 Å². The van der Waals surface area contributed by atoms with E-state index < -0.39 is 0 Å². The van der Waals surface area contributed by atoms with E-state index in [1.807, 2.05) is 13.8 Å². The van der Waals surface area contributed by atoms with Crippen LogP contribution in [0.5, 0.6) is 0 Å². The fourth-order valence-electron chi connectivity index (χ4n) is 0.204. The average molecular weight is 311 g/mol. The smallest absolute Gasteiger partial charge is 0.0877 e. The minimum absolute atomic E-state index is 0. The molecule has 0 aliphatic rings. The number of aliphatic hydroxyl groups excluding tert-OH is 1. The number of hydrogen-bond donors (Lipinski definition) is 1. The summed E-state index contributed by atoms with van der Waals surface area (Å²) in [5.41, 5.74) is 0. The molecule has 10 heavy (non-hydrogen) atoms. The standard InChI is InChI=1S/C5H10O.3ClH.Sn/c1-3-5(6)4-2;;;;/h3,6H,4H2,1-2H3;3*1H;/p-3/b5-3-;;;;. The average Bonchev–Trinajstić information content (AvgIpc) is 1.65. The minimum Gasteiger partial charge on any atom is -1.00 e. The third-order valence-electron chi connectivity index (χ3n) is 0.695. The van der Waals surface area contributed by atoms with Crippen LogP contribution < -0.4 is 37.2 Å². The molecule has 0 spiro atoms. The van der Waals surface area contributed by atoms with Crippen molar-refractivity contribution in [3.05, 3.63) is 11.8 Å². The van der Waals surface area contributed by atoms with E-state index in [0.29, 0.717) is 5.76 Å². The van der Waals surface area contributed by atoms with Crippen molar-refractivity contribution >= 4 is 23.9 Å². The maximum atomic E-state index is 8.53. The van der Waals surface area contributed by atoms with Gasteiger partial charge >= 0.3 is 0 Å². The van der Waals surface area contributed by atoms with Gasteiger partial charge in [-0.15, -0.1) is 0 Å². The van der Waals surface area contributed by atoms with Gasteiger partial charge in [0.1, 0.15) is 0 Å². The zero-order chi connectivity index (χ0) is 4.99. The van der Waals surface area contributed by atoms with E-state index in [2.05, 4.69) is 0 Å². The van der Waals surface area contributed by atoms with Crippen molar-refractivity contribution < 1.29 is 42.3 Å². The first kappa shape index (κ1) is 30.3. The second kappa shape index (κ2) is 22.5. The Bertz CT molecular complexity index is 67.9. The fourth-order valence-corrected chi connectivity index (χ4v) is 0.204. The number of halogens is 3. The summed E-state index contributed by atoms with van der Waals surface area (Å²) in [6.45, 7) is 3.73. The third-order valence-corrected chi connectivity index (χ3v) is 0.695. The molecule has 0 aromatic rings. The molecule has 1 nitrogen and oxygen atoms in total. The first-order chi connectivity index (χ1) is 2.81. The van der Waals surface area contributed by atoms with Gasteiger partial charge in [0.2, 0.25) is 0 Å². The van der Waals surface area contributed by atoms with Crippen molar-refractivity contribution in [2.75, 3.05) is 0 Å². The maximum Gasteiger partial charge on any atom is 0.0877 e. The molecular formula is C5H10Cl3OSn-3. The zero-order valence-electron chi connectivity index (χ0n) is 5.87. The van der Waals surface area contributed by atoms with Crippen LogP contribution in [0.25, 0.3) is 0 Å². The summed E-state index contributed by atoms with van der Waals surface area (Å²) in [4.78, 5) is 0. The molecule has 0 atom stereocenters.